The standard InChI is InChI=1S/C52H31NS2/c1-3-12-38-32(10-1)20-21-34-24-28-44-46(30-35-11-2-4-13-39(35)51(44)50(34)38)53(37-27-29-49-45(31-37)42-15-6-7-18-47(42)54-49)36-25-22-33(23-26-36)40-16-9-17-43-41-14-5-8-19-48(41)55-52(40)43/h1-31H. The van der Waals surface area contributed by atoms with Crippen LogP contribution in [0.15, 0.2) is 188 Å². The summed E-state index contributed by atoms with van der Waals surface area (Å²) in [5.41, 5.74) is 5.94. The lowest BCUT2D eigenvalue weighted by molar-refractivity contribution is 1.31. The summed E-state index contributed by atoms with van der Waals surface area (Å²) < 4.78 is 5.28. The van der Waals surface area contributed by atoms with E-state index >= 15 is 0 Å². The van der Waals surface area contributed by atoms with Gasteiger partial charge in [0.15, 0.2) is 0 Å². The van der Waals surface area contributed by atoms with Crippen molar-refractivity contribution in [2.24, 2.45) is 0 Å². The van der Waals surface area contributed by atoms with Crippen molar-refractivity contribution >= 4 is 123 Å². The Balaban J connectivity index is 1.14. The quantitative estimate of drug-likeness (QED) is 0.163. The van der Waals surface area contributed by atoms with Gasteiger partial charge < -0.3 is 4.90 Å². The van der Waals surface area contributed by atoms with Crippen LogP contribution in [0, 0.1) is 0 Å². The molecule has 12 aromatic rings. The highest BCUT2D eigenvalue weighted by atomic mass is 32.1. The van der Waals surface area contributed by atoms with Crippen LogP contribution in [0.5, 0.6) is 0 Å². The number of thiophene rings is 2. The Morgan fingerprint density at radius 1 is 0.327 bits per heavy atom. The molecule has 0 saturated carbocycles. The Labute approximate surface area is 325 Å². The van der Waals surface area contributed by atoms with Gasteiger partial charge in [0.1, 0.15) is 0 Å². The normalized spacial score (nSPS) is 12.0. The lowest BCUT2D eigenvalue weighted by Crippen LogP contribution is -2.10. The van der Waals surface area contributed by atoms with Crippen molar-refractivity contribution in [3.8, 4) is 11.1 Å². The minimum Gasteiger partial charge on any atom is -0.310 e. The molecule has 0 saturated heterocycles. The fraction of sp³-hybridized carbons (Fsp3) is 0. The molecular weight excluding hydrogens is 703 g/mol. The van der Waals surface area contributed by atoms with Gasteiger partial charge in [-0.2, -0.15) is 0 Å². The number of fused-ring (bicyclic) bond motifs is 13. The molecule has 0 bridgehead atoms. The molecule has 0 N–H and O–H groups in total. The first kappa shape index (κ1) is 30.9. The average molecular weight is 734 g/mol. The number of hydrogen-bond donors (Lipinski definition) is 0. The Hall–Kier alpha value is -6.52. The maximum Gasteiger partial charge on any atom is 0.0546 e. The lowest BCUT2D eigenvalue weighted by Gasteiger charge is -2.28. The molecule has 1 nitrogen and oxygen atoms in total. The van der Waals surface area contributed by atoms with Crippen molar-refractivity contribution in [3.63, 3.8) is 0 Å². The monoisotopic (exact) mass is 733 g/mol. The van der Waals surface area contributed by atoms with Crippen molar-refractivity contribution in [2.45, 2.75) is 0 Å². The maximum atomic E-state index is 2.49. The summed E-state index contributed by atoms with van der Waals surface area (Å²) in [4.78, 5) is 2.49. The fourth-order valence-corrected chi connectivity index (χ4v) is 11.2. The van der Waals surface area contributed by atoms with E-state index in [2.05, 4.69) is 193 Å². The highest BCUT2D eigenvalue weighted by Gasteiger charge is 2.21. The first-order chi connectivity index (χ1) is 27.3. The maximum absolute atomic E-state index is 2.49. The van der Waals surface area contributed by atoms with E-state index < -0.39 is 0 Å². The summed E-state index contributed by atoms with van der Waals surface area (Å²) in [6.45, 7) is 0. The molecule has 0 unspecified atom stereocenters. The summed E-state index contributed by atoms with van der Waals surface area (Å²) >= 11 is 3.75. The number of rotatable bonds is 4. The van der Waals surface area contributed by atoms with Gasteiger partial charge in [0, 0.05) is 62.5 Å². The van der Waals surface area contributed by atoms with E-state index in [9.17, 15) is 0 Å². The van der Waals surface area contributed by atoms with E-state index in [0.717, 1.165) is 11.4 Å². The molecule has 12 rings (SSSR count). The number of nitrogens with zero attached hydrogens (tertiary/aromatic N) is 1. The van der Waals surface area contributed by atoms with Crippen LogP contribution in [0.4, 0.5) is 17.1 Å². The van der Waals surface area contributed by atoms with E-state index in [1.54, 1.807) is 0 Å². The molecule has 0 amide bonds. The molecule has 0 spiro atoms. The van der Waals surface area contributed by atoms with E-state index in [0.29, 0.717) is 0 Å². The molecule has 0 fully saturated rings. The van der Waals surface area contributed by atoms with Gasteiger partial charge in [-0.15, -0.1) is 22.7 Å². The molecule has 0 aliphatic carbocycles. The molecule has 0 radical (unpaired) electrons. The molecule has 10 aromatic carbocycles. The van der Waals surface area contributed by atoms with Crippen molar-refractivity contribution in [1.82, 2.24) is 0 Å². The van der Waals surface area contributed by atoms with Gasteiger partial charge in [-0.25, -0.2) is 0 Å². The first-order valence-electron chi connectivity index (χ1n) is 18.7. The van der Waals surface area contributed by atoms with Crippen molar-refractivity contribution in [2.75, 3.05) is 4.90 Å². The number of hydrogen-bond acceptors (Lipinski definition) is 3. The van der Waals surface area contributed by atoms with Crippen LogP contribution >= 0.6 is 22.7 Å². The molecule has 0 atom stereocenters. The third-order valence-electron chi connectivity index (χ3n) is 11.4. The third kappa shape index (κ3) is 4.70. The molecule has 256 valence electrons. The second-order valence-electron chi connectivity index (χ2n) is 14.4. The van der Waals surface area contributed by atoms with Gasteiger partial charge in [0.05, 0.1) is 5.69 Å². The topological polar surface area (TPSA) is 3.24 Å². The van der Waals surface area contributed by atoms with Gasteiger partial charge in [-0.1, -0.05) is 140 Å². The predicted molar refractivity (Wildman–Crippen MR) is 242 cm³/mol. The number of anilines is 3. The third-order valence-corrected chi connectivity index (χ3v) is 13.8. The summed E-state index contributed by atoms with van der Waals surface area (Å²) in [6.07, 6.45) is 0. The molecule has 3 heteroatoms. The second kappa shape index (κ2) is 12.0. The second-order valence-corrected chi connectivity index (χ2v) is 16.6. The summed E-state index contributed by atoms with van der Waals surface area (Å²) in [7, 11) is 0. The van der Waals surface area contributed by atoms with E-state index in [-0.39, 0.29) is 0 Å². The summed E-state index contributed by atoms with van der Waals surface area (Å²) in [5, 5.41) is 15.4. The zero-order valence-corrected chi connectivity index (χ0v) is 31.3. The Morgan fingerprint density at radius 3 is 1.75 bits per heavy atom. The molecule has 0 aliphatic rings. The zero-order chi connectivity index (χ0) is 36.0. The van der Waals surface area contributed by atoms with Crippen molar-refractivity contribution in [1.29, 1.82) is 0 Å². The Morgan fingerprint density at radius 2 is 0.927 bits per heavy atom. The van der Waals surface area contributed by atoms with E-state index in [1.807, 2.05) is 22.7 Å². The van der Waals surface area contributed by atoms with Crippen LogP contribution in [0.25, 0.3) is 94.6 Å². The first-order valence-corrected chi connectivity index (χ1v) is 20.4. The largest absolute Gasteiger partial charge is 0.310 e. The number of benzene rings is 10. The average Bonchev–Trinajstić information content (AvgIpc) is 3.82. The lowest BCUT2D eigenvalue weighted by atomic mass is 9.91. The van der Waals surface area contributed by atoms with Gasteiger partial charge in [0.2, 0.25) is 0 Å². The minimum atomic E-state index is 1.13. The van der Waals surface area contributed by atoms with Gasteiger partial charge in [-0.3, -0.25) is 0 Å². The van der Waals surface area contributed by atoms with Crippen LogP contribution in [0.2, 0.25) is 0 Å². The predicted octanol–water partition coefficient (Wildman–Crippen LogP) is 16.2. The molecular formula is C52H31NS2. The Kier molecular flexibility index (Phi) is 6.74. The molecule has 0 aliphatic heterocycles. The minimum absolute atomic E-state index is 1.13. The van der Waals surface area contributed by atoms with Crippen LogP contribution in [0.1, 0.15) is 0 Å². The highest BCUT2D eigenvalue weighted by molar-refractivity contribution is 7.26. The van der Waals surface area contributed by atoms with E-state index in [4.69, 9.17) is 0 Å². The Bertz CT molecular complexity index is 3500. The van der Waals surface area contributed by atoms with Gasteiger partial charge >= 0.3 is 0 Å². The van der Waals surface area contributed by atoms with Crippen LogP contribution in [0.3, 0.4) is 0 Å². The van der Waals surface area contributed by atoms with Crippen molar-refractivity contribution in [3.05, 3.63) is 188 Å². The van der Waals surface area contributed by atoms with Gasteiger partial charge in [0.25, 0.3) is 0 Å². The zero-order valence-electron chi connectivity index (χ0n) is 29.7. The summed E-state index contributed by atoms with van der Waals surface area (Å²) in [6, 6.07) is 69.8. The van der Waals surface area contributed by atoms with E-state index in [1.165, 1.54) is 100 Å². The SMILES string of the molecule is c1ccc2c(c1)ccc1ccc3c(N(c4ccc(-c5cccc6c5sc5ccccc56)cc4)c4ccc5sc6ccccc6c5c4)cc4ccccc4c3c12. The molecule has 2 aromatic heterocycles. The van der Waals surface area contributed by atoms with Crippen molar-refractivity contribution < 1.29 is 0 Å². The van der Waals surface area contributed by atoms with Crippen LogP contribution in [-0.2, 0) is 0 Å². The van der Waals surface area contributed by atoms with Gasteiger partial charge in [-0.05, 0) is 92.0 Å². The van der Waals surface area contributed by atoms with Crippen LogP contribution in [-0.4, -0.2) is 0 Å². The fourth-order valence-electron chi connectivity index (χ4n) is 8.90. The smallest absolute Gasteiger partial charge is 0.0546 e. The molecule has 2 heterocycles. The highest BCUT2D eigenvalue weighted by Crippen LogP contribution is 2.48. The van der Waals surface area contributed by atoms with Crippen LogP contribution < -0.4 is 4.90 Å². The summed E-state index contributed by atoms with van der Waals surface area (Å²) in [5.74, 6) is 0. The molecule has 55 heavy (non-hydrogen) atoms.